The largest absolute Gasteiger partial charge is 0.298 e. The smallest absolute Gasteiger partial charge is 0.0534 e. The molecule has 0 aliphatic carbocycles. The highest BCUT2D eigenvalue weighted by molar-refractivity contribution is 6.18. The summed E-state index contributed by atoms with van der Waals surface area (Å²) in [5.74, 6) is 0.663. The molecular weight excluding hydrogens is 186 g/mol. The third-order valence-electron chi connectivity index (χ3n) is 2.17. The molecule has 0 aliphatic rings. The van der Waals surface area contributed by atoms with Crippen molar-refractivity contribution in [2.75, 3.05) is 12.9 Å². The van der Waals surface area contributed by atoms with E-state index in [-0.39, 0.29) is 0 Å². The van der Waals surface area contributed by atoms with Crippen molar-refractivity contribution in [1.29, 1.82) is 0 Å². The SMILES string of the molecule is CC(CCl)N(C)Cc1cnn(C)c1. The van der Waals surface area contributed by atoms with Gasteiger partial charge in [0, 0.05) is 37.3 Å². The summed E-state index contributed by atoms with van der Waals surface area (Å²) in [4.78, 5) is 2.21. The van der Waals surface area contributed by atoms with E-state index < -0.39 is 0 Å². The minimum Gasteiger partial charge on any atom is -0.298 e. The Morgan fingerprint density at radius 2 is 2.38 bits per heavy atom. The van der Waals surface area contributed by atoms with Gasteiger partial charge >= 0.3 is 0 Å². The standard InChI is InChI=1S/C9H16ClN3/c1-8(4-10)12(2)6-9-5-11-13(3)7-9/h5,7-8H,4,6H2,1-3H3. The van der Waals surface area contributed by atoms with E-state index in [1.165, 1.54) is 5.56 Å². The minimum atomic E-state index is 0.405. The molecule has 1 rings (SSSR count). The lowest BCUT2D eigenvalue weighted by Gasteiger charge is -2.21. The molecule has 0 N–H and O–H groups in total. The summed E-state index contributed by atoms with van der Waals surface area (Å²) in [7, 11) is 3.99. The highest BCUT2D eigenvalue weighted by Gasteiger charge is 2.08. The van der Waals surface area contributed by atoms with Crippen LogP contribution in [-0.4, -0.2) is 33.6 Å². The molecule has 0 bridgehead atoms. The first kappa shape index (κ1) is 10.5. The highest BCUT2D eigenvalue weighted by atomic mass is 35.5. The summed E-state index contributed by atoms with van der Waals surface area (Å²) in [5.41, 5.74) is 1.22. The molecule has 74 valence electrons. The number of halogens is 1. The van der Waals surface area contributed by atoms with Crippen LogP contribution in [0, 0.1) is 0 Å². The van der Waals surface area contributed by atoms with Crippen molar-refractivity contribution in [2.45, 2.75) is 19.5 Å². The second-order valence-corrected chi connectivity index (χ2v) is 3.75. The molecule has 1 atom stereocenters. The van der Waals surface area contributed by atoms with Crippen LogP contribution < -0.4 is 0 Å². The van der Waals surface area contributed by atoms with E-state index in [0.29, 0.717) is 11.9 Å². The average Bonchev–Trinajstić information content (AvgIpc) is 2.49. The van der Waals surface area contributed by atoms with Gasteiger partial charge in [0.05, 0.1) is 6.20 Å². The van der Waals surface area contributed by atoms with Gasteiger partial charge in [-0.3, -0.25) is 9.58 Å². The lowest BCUT2D eigenvalue weighted by Crippen LogP contribution is -2.29. The predicted octanol–water partition coefficient (Wildman–Crippen LogP) is 1.48. The Hall–Kier alpha value is -0.540. The van der Waals surface area contributed by atoms with Crippen LogP contribution in [-0.2, 0) is 13.6 Å². The zero-order chi connectivity index (χ0) is 9.84. The Balaban J connectivity index is 2.49. The number of hydrogen-bond donors (Lipinski definition) is 0. The first-order valence-electron chi connectivity index (χ1n) is 4.37. The van der Waals surface area contributed by atoms with E-state index >= 15 is 0 Å². The van der Waals surface area contributed by atoms with Gasteiger partial charge in [-0.15, -0.1) is 11.6 Å². The van der Waals surface area contributed by atoms with E-state index in [1.807, 2.05) is 24.1 Å². The van der Waals surface area contributed by atoms with Gasteiger partial charge in [0.15, 0.2) is 0 Å². The van der Waals surface area contributed by atoms with Crippen molar-refractivity contribution in [3.05, 3.63) is 18.0 Å². The summed E-state index contributed by atoms with van der Waals surface area (Å²) < 4.78 is 1.81. The lowest BCUT2D eigenvalue weighted by atomic mass is 10.3. The van der Waals surface area contributed by atoms with Crippen LogP contribution >= 0.6 is 11.6 Å². The van der Waals surface area contributed by atoms with Crippen molar-refractivity contribution in [3.8, 4) is 0 Å². The fraction of sp³-hybridized carbons (Fsp3) is 0.667. The molecule has 1 heterocycles. The van der Waals surface area contributed by atoms with Crippen LogP contribution in [0.4, 0.5) is 0 Å². The molecule has 0 fully saturated rings. The number of aromatic nitrogens is 2. The molecule has 0 amide bonds. The van der Waals surface area contributed by atoms with Gasteiger partial charge in [-0.1, -0.05) is 0 Å². The maximum atomic E-state index is 5.76. The quantitative estimate of drug-likeness (QED) is 0.689. The first-order valence-corrected chi connectivity index (χ1v) is 4.90. The Morgan fingerprint density at radius 3 is 2.85 bits per heavy atom. The molecule has 4 heteroatoms. The maximum Gasteiger partial charge on any atom is 0.0534 e. The van der Waals surface area contributed by atoms with Crippen LogP contribution in [0.3, 0.4) is 0 Å². The summed E-state index contributed by atoms with van der Waals surface area (Å²) in [6.45, 7) is 3.02. The number of aryl methyl sites for hydroxylation is 1. The summed E-state index contributed by atoms with van der Waals surface area (Å²) in [5, 5.41) is 4.11. The third kappa shape index (κ3) is 3.01. The van der Waals surface area contributed by atoms with E-state index in [2.05, 4.69) is 24.0 Å². The van der Waals surface area contributed by atoms with Crippen LogP contribution in [0.25, 0.3) is 0 Å². The Morgan fingerprint density at radius 1 is 1.69 bits per heavy atom. The molecule has 1 aromatic rings. The monoisotopic (exact) mass is 201 g/mol. The van der Waals surface area contributed by atoms with Crippen LogP contribution in [0.1, 0.15) is 12.5 Å². The normalized spacial score (nSPS) is 13.6. The average molecular weight is 202 g/mol. The second-order valence-electron chi connectivity index (χ2n) is 3.44. The first-order chi connectivity index (χ1) is 6.13. The molecular formula is C9H16ClN3. The zero-order valence-electron chi connectivity index (χ0n) is 8.37. The van der Waals surface area contributed by atoms with E-state index in [9.17, 15) is 0 Å². The minimum absolute atomic E-state index is 0.405. The number of alkyl halides is 1. The van der Waals surface area contributed by atoms with Crippen molar-refractivity contribution < 1.29 is 0 Å². The Labute approximate surface area is 84.3 Å². The molecule has 0 aromatic carbocycles. The molecule has 0 spiro atoms. The second kappa shape index (κ2) is 4.63. The van der Waals surface area contributed by atoms with Crippen LogP contribution in [0.15, 0.2) is 12.4 Å². The maximum absolute atomic E-state index is 5.76. The third-order valence-corrected chi connectivity index (χ3v) is 2.61. The lowest BCUT2D eigenvalue weighted by molar-refractivity contribution is 0.268. The fourth-order valence-corrected chi connectivity index (χ4v) is 1.35. The Kier molecular flexibility index (Phi) is 3.75. The predicted molar refractivity (Wildman–Crippen MR) is 54.9 cm³/mol. The topological polar surface area (TPSA) is 21.1 Å². The van der Waals surface area contributed by atoms with Crippen LogP contribution in [0.2, 0.25) is 0 Å². The number of hydrogen-bond acceptors (Lipinski definition) is 2. The van der Waals surface area contributed by atoms with Crippen molar-refractivity contribution >= 4 is 11.6 Å². The molecule has 1 aromatic heterocycles. The summed E-state index contributed by atoms with van der Waals surface area (Å²) >= 11 is 5.76. The molecule has 0 aliphatic heterocycles. The van der Waals surface area contributed by atoms with Gasteiger partial charge in [0.2, 0.25) is 0 Å². The van der Waals surface area contributed by atoms with E-state index in [0.717, 1.165) is 6.54 Å². The highest BCUT2D eigenvalue weighted by Crippen LogP contribution is 2.05. The summed E-state index contributed by atoms with van der Waals surface area (Å²) in [6.07, 6.45) is 3.91. The molecule has 1 unspecified atom stereocenters. The molecule has 0 radical (unpaired) electrons. The molecule has 3 nitrogen and oxygen atoms in total. The van der Waals surface area contributed by atoms with Gasteiger partial charge < -0.3 is 0 Å². The van der Waals surface area contributed by atoms with Gasteiger partial charge in [0.1, 0.15) is 0 Å². The van der Waals surface area contributed by atoms with Gasteiger partial charge in [0.25, 0.3) is 0 Å². The van der Waals surface area contributed by atoms with Gasteiger partial charge in [-0.25, -0.2) is 0 Å². The van der Waals surface area contributed by atoms with Crippen molar-refractivity contribution in [1.82, 2.24) is 14.7 Å². The zero-order valence-corrected chi connectivity index (χ0v) is 9.12. The van der Waals surface area contributed by atoms with E-state index in [4.69, 9.17) is 11.6 Å². The number of rotatable bonds is 4. The number of nitrogens with zero attached hydrogens (tertiary/aromatic N) is 3. The van der Waals surface area contributed by atoms with Crippen LogP contribution in [0.5, 0.6) is 0 Å². The summed E-state index contributed by atoms with van der Waals surface area (Å²) in [6, 6.07) is 0.405. The van der Waals surface area contributed by atoms with Crippen molar-refractivity contribution in [2.24, 2.45) is 7.05 Å². The van der Waals surface area contributed by atoms with Crippen molar-refractivity contribution in [3.63, 3.8) is 0 Å². The molecule has 0 saturated carbocycles. The van der Waals surface area contributed by atoms with Gasteiger partial charge in [-0.2, -0.15) is 5.10 Å². The van der Waals surface area contributed by atoms with E-state index in [1.54, 1.807) is 0 Å². The molecule has 13 heavy (non-hydrogen) atoms. The Bertz CT molecular complexity index is 259. The fourth-order valence-electron chi connectivity index (χ4n) is 1.12. The van der Waals surface area contributed by atoms with Gasteiger partial charge in [-0.05, 0) is 14.0 Å². The molecule has 0 saturated heterocycles.